The van der Waals surface area contributed by atoms with Gasteiger partial charge in [-0.25, -0.2) is 0 Å². The largest absolute Gasteiger partial charge is 0.481 e. The van der Waals surface area contributed by atoms with Crippen molar-refractivity contribution in [3.63, 3.8) is 0 Å². The Bertz CT molecular complexity index is 1710. The van der Waals surface area contributed by atoms with Crippen molar-refractivity contribution in [3.05, 3.63) is 0 Å². The molecule has 0 aliphatic carbocycles. The summed E-state index contributed by atoms with van der Waals surface area (Å²) in [4.78, 5) is 139. The van der Waals surface area contributed by atoms with Gasteiger partial charge in [0.2, 0.25) is 47.3 Å². The molecule has 8 amide bonds. The predicted molar refractivity (Wildman–Crippen MR) is 231 cm³/mol. The molecule has 8 atom stereocenters. The molecule has 0 aliphatic rings. The number of nitrogens with one attached hydrogen (secondary N) is 10. The second-order valence-electron chi connectivity index (χ2n) is 16.3. The van der Waals surface area contributed by atoms with Gasteiger partial charge in [-0.2, -0.15) is 0 Å². The average molecular weight is 929 g/mol. The summed E-state index contributed by atoms with van der Waals surface area (Å²) in [6, 6.07) is -10.5. The second kappa shape index (κ2) is 29.7. The molecule has 0 aliphatic heterocycles. The highest BCUT2D eigenvalue weighted by atomic mass is 16.4. The van der Waals surface area contributed by atoms with Crippen molar-refractivity contribution in [2.45, 2.75) is 148 Å². The molecule has 0 spiro atoms. The summed E-state index contributed by atoms with van der Waals surface area (Å²) in [5.41, 5.74) is 11.0. The third-order valence-corrected chi connectivity index (χ3v) is 9.26. The van der Waals surface area contributed by atoms with Gasteiger partial charge >= 0.3 is 17.9 Å². The van der Waals surface area contributed by atoms with E-state index in [0.717, 1.165) is 0 Å². The lowest BCUT2D eigenvalue weighted by Gasteiger charge is -2.28. The van der Waals surface area contributed by atoms with E-state index in [1.54, 1.807) is 27.7 Å². The van der Waals surface area contributed by atoms with Gasteiger partial charge in [-0.15, -0.1) is 0 Å². The molecule has 0 aromatic heterocycles. The van der Waals surface area contributed by atoms with Gasteiger partial charge in [0.25, 0.3) is 0 Å². The van der Waals surface area contributed by atoms with Crippen LogP contribution in [0.4, 0.5) is 0 Å². The van der Waals surface area contributed by atoms with Crippen LogP contribution in [-0.2, 0) is 52.7 Å². The Balaban J connectivity index is 6.12. The van der Waals surface area contributed by atoms with Gasteiger partial charge in [-0.3, -0.25) is 58.1 Å². The van der Waals surface area contributed by atoms with Crippen LogP contribution < -0.4 is 59.3 Å². The van der Waals surface area contributed by atoms with E-state index in [1.165, 1.54) is 20.8 Å². The molecule has 0 aromatic rings. The first-order valence-corrected chi connectivity index (χ1v) is 21.0. The summed E-state index contributed by atoms with van der Waals surface area (Å²) in [7, 11) is 0. The maximum atomic E-state index is 13.8. The van der Waals surface area contributed by atoms with E-state index in [-0.39, 0.29) is 56.4 Å². The molecule has 0 radical (unpaired) electrons. The highest BCUT2D eigenvalue weighted by Crippen LogP contribution is 2.10. The van der Waals surface area contributed by atoms with Gasteiger partial charge in [0, 0.05) is 19.4 Å². The Morgan fingerprint density at radius 2 is 0.908 bits per heavy atom. The van der Waals surface area contributed by atoms with Crippen LogP contribution in [0.2, 0.25) is 0 Å². The molecule has 368 valence electrons. The molecule has 26 heteroatoms. The quantitative estimate of drug-likeness (QED) is 0.0179. The molecule has 65 heavy (non-hydrogen) atoms. The van der Waals surface area contributed by atoms with Crippen molar-refractivity contribution in [1.29, 1.82) is 5.41 Å². The number of carboxylic acid groups (broad SMARTS) is 3. The van der Waals surface area contributed by atoms with E-state index in [1.807, 2.05) is 0 Å². The van der Waals surface area contributed by atoms with Crippen molar-refractivity contribution in [3.8, 4) is 0 Å². The third-order valence-electron chi connectivity index (χ3n) is 9.26. The molecule has 0 unspecified atom stereocenters. The van der Waals surface area contributed by atoms with Crippen molar-refractivity contribution >= 4 is 71.1 Å². The highest BCUT2D eigenvalue weighted by molar-refractivity contribution is 5.97. The zero-order valence-electron chi connectivity index (χ0n) is 37.8. The van der Waals surface area contributed by atoms with E-state index in [2.05, 4.69) is 47.9 Å². The van der Waals surface area contributed by atoms with Gasteiger partial charge in [0.1, 0.15) is 42.3 Å². The van der Waals surface area contributed by atoms with E-state index in [0.29, 0.717) is 0 Å². The van der Waals surface area contributed by atoms with E-state index >= 15 is 0 Å². The average Bonchev–Trinajstić information content (AvgIpc) is 3.19. The maximum absolute atomic E-state index is 13.8. The van der Waals surface area contributed by atoms with Crippen LogP contribution in [0, 0.1) is 17.2 Å². The maximum Gasteiger partial charge on any atom is 0.325 e. The second-order valence-corrected chi connectivity index (χ2v) is 16.3. The van der Waals surface area contributed by atoms with E-state index < -0.39 is 139 Å². The number of nitrogens with two attached hydrogens (primary N) is 2. The first-order valence-electron chi connectivity index (χ1n) is 21.0. The Morgan fingerprint density at radius 1 is 0.492 bits per heavy atom. The minimum Gasteiger partial charge on any atom is -0.481 e. The number of carboxylic acids is 3. The zero-order valence-corrected chi connectivity index (χ0v) is 37.8. The SMILES string of the molecule is CC(C)C[C@H](NC(=O)[C@H](C)NC(=O)[C@@H](N)CCC(=O)O)C(=O)N[C@@H](CCC(=O)O)C(=O)N[C@@H](CC(C)C)C(=O)N[C@@H](C)C(=O)N[C@@H](CCCNC(=N)N)C(=O)NCC(=O)N[C@@H](C)C(=O)O. The summed E-state index contributed by atoms with van der Waals surface area (Å²) in [6.07, 6.45) is -1.46. The highest BCUT2D eigenvalue weighted by Gasteiger charge is 2.33. The fourth-order valence-electron chi connectivity index (χ4n) is 5.70. The lowest BCUT2D eigenvalue weighted by Crippen LogP contribution is -2.59. The molecule has 17 N–H and O–H groups in total. The van der Waals surface area contributed by atoms with Gasteiger partial charge in [0.05, 0.1) is 12.6 Å². The molecule has 0 saturated carbocycles. The molecular weight excluding hydrogens is 860 g/mol. The third kappa shape index (κ3) is 25.3. The summed E-state index contributed by atoms with van der Waals surface area (Å²) in [5, 5.41) is 56.4. The number of hydrogen-bond donors (Lipinski definition) is 15. The van der Waals surface area contributed by atoms with Crippen LogP contribution >= 0.6 is 0 Å². The molecule has 26 nitrogen and oxygen atoms in total. The fourth-order valence-corrected chi connectivity index (χ4v) is 5.70. The standard InChI is InChI=1S/C39H68N12O14/c1-18(2)15-26(36(62)47-21(6)31(57)48-24(9-8-14-43-39(41)42)34(60)44-17-28(52)45-22(7)38(64)65)51-35(61)25(11-13-30(55)56)49-37(63)27(16-19(3)4)50-32(58)20(5)46-33(59)23(40)10-12-29(53)54/h18-27H,8-17,40H2,1-7H3,(H,44,60)(H,45,52)(H,46,59)(H,47,62)(H,48,57)(H,49,63)(H,50,58)(H,51,61)(H,53,54)(H,55,56)(H,64,65)(H4,41,42,43)/t20-,21-,22-,23-,24-,25-,26-,27-/m0/s1. The van der Waals surface area contributed by atoms with E-state index in [9.17, 15) is 57.8 Å². The van der Waals surface area contributed by atoms with Crippen molar-refractivity contribution < 1.29 is 68.1 Å². The summed E-state index contributed by atoms with van der Waals surface area (Å²) in [5.74, 6) is -11.5. The molecule has 0 saturated heterocycles. The minimum atomic E-state index is -1.55. The first-order chi connectivity index (χ1) is 30.1. The number of aliphatic carboxylic acids is 3. The van der Waals surface area contributed by atoms with Gasteiger partial charge in [0.15, 0.2) is 5.96 Å². The van der Waals surface area contributed by atoms with Gasteiger partial charge < -0.3 is 74.6 Å². The topological polar surface area (TPSA) is 433 Å². The fraction of sp³-hybridized carbons (Fsp3) is 0.692. The van der Waals surface area contributed by atoms with Crippen molar-refractivity contribution in [2.75, 3.05) is 13.1 Å². The number of hydrogen-bond acceptors (Lipinski definition) is 13. The van der Waals surface area contributed by atoms with Crippen molar-refractivity contribution in [1.82, 2.24) is 47.9 Å². The summed E-state index contributed by atoms with van der Waals surface area (Å²) < 4.78 is 0. The summed E-state index contributed by atoms with van der Waals surface area (Å²) in [6.45, 7) is 10.2. The van der Waals surface area contributed by atoms with Crippen LogP contribution in [0.3, 0.4) is 0 Å². The lowest BCUT2D eigenvalue weighted by molar-refractivity contribution is -0.141. The molecule has 0 rings (SSSR count). The Morgan fingerprint density at radius 3 is 1.38 bits per heavy atom. The Hall–Kier alpha value is -6.60. The van der Waals surface area contributed by atoms with Crippen LogP contribution in [0.15, 0.2) is 0 Å². The first kappa shape index (κ1) is 58.4. The molecular formula is C39H68N12O14. The zero-order chi connectivity index (χ0) is 50.1. The molecule has 0 bridgehead atoms. The van der Waals surface area contributed by atoms with Crippen LogP contribution in [0.25, 0.3) is 0 Å². The number of carbonyl (C=O) groups excluding carboxylic acids is 8. The Labute approximate surface area is 376 Å². The van der Waals surface area contributed by atoms with Gasteiger partial charge in [-0.05, 0) is 71.1 Å². The smallest absolute Gasteiger partial charge is 0.325 e. The number of amides is 8. The summed E-state index contributed by atoms with van der Waals surface area (Å²) >= 11 is 0. The van der Waals surface area contributed by atoms with E-state index in [4.69, 9.17) is 27.1 Å². The molecule has 0 aromatic carbocycles. The molecule has 0 heterocycles. The molecule has 0 fully saturated rings. The minimum absolute atomic E-state index is 0.00213. The monoisotopic (exact) mass is 928 g/mol. The van der Waals surface area contributed by atoms with Crippen molar-refractivity contribution in [2.24, 2.45) is 23.3 Å². The number of rotatable bonds is 31. The van der Waals surface area contributed by atoms with Crippen LogP contribution in [0.5, 0.6) is 0 Å². The number of carbonyl (C=O) groups is 11. The predicted octanol–water partition coefficient (Wildman–Crippen LogP) is -3.95. The van der Waals surface area contributed by atoms with Gasteiger partial charge in [-0.1, -0.05) is 27.7 Å². The Kier molecular flexibility index (Phi) is 26.7. The van der Waals surface area contributed by atoms with Crippen LogP contribution in [-0.4, -0.2) is 148 Å². The number of guanidine groups is 1. The van der Waals surface area contributed by atoms with Crippen LogP contribution in [0.1, 0.15) is 99.8 Å². The lowest BCUT2D eigenvalue weighted by atomic mass is 10.0. The normalized spacial score (nSPS) is 14.6.